The second-order valence-electron chi connectivity index (χ2n) is 4.63. The predicted molar refractivity (Wildman–Crippen MR) is 70.8 cm³/mol. The Kier molecular flexibility index (Phi) is 5.20. The summed E-state index contributed by atoms with van der Waals surface area (Å²) < 4.78 is 5.21. The second kappa shape index (κ2) is 6.43. The van der Waals surface area contributed by atoms with Gasteiger partial charge in [0.15, 0.2) is 5.78 Å². The van der Waals surface area contributed by atoms with E-state index in [-0.39, 0.29) is 5.78 Å². The van der Waals surface area contributed by atoms with Crippen molar-refractivity contribution >= 4 is 5.78 Å². The number of Topliss-reactive ketones (excluding diaryl/α,β-unsaturated/α-hetero) is 1. The van der Waals surface area contributed by atoms with E-state index >= 15 is 0 Å². The van der Waals surface area contributed by atoms with Gasteiger partial charge in [-0.2, -0.15) is 0 Å². The number of ketones is 1. The monoisotopic (exact) mass is 234 g/mol. The van der Waals surface area contributed by atoms with Gasteiger partial charge in [0.2, 0.25) is 0 Å². The van der Waals surface area contributed by atoms with Crippen LogP contribution in [0.2, 0.25) is 0 Å². The van der Waals surface area contributed by atoms with E-state index in [1.807, 2.05) is 18.2 Å². The number of aryl methyl sites for hydroxylation is 1. The summed E-state index contributed by atoms with van der Waals surface area (Å²) in [6.45, 7) is 6.06. The van der Waals surface area contributed by atoms with Crippen molar-refractivity contribution < 1.29 is 9.53 Å². The van der Waals surface area contributed by atoms with Crippen LogP contribution < -0.4 is 4.74 Å². The Morgan fingerprint density at radius 3 is 2.65 bits per heavy atom. The number of carbonyl (C=O) groups excluding carboxylic acids is 1. The van der Waals surface area contributed by atoms with Crippen molar-refractivity contribution in [1.82, 2.24) is 0 Å². The number of methoxy groups -OCH3 is 1. The molecule has 0 aliphatic carbocycles. The summed E-state index contributed by atoms with van der Waals surface area (Å²) in [5.41, 5.74) is 1.94. The summed E-state index contributed by atoms with van der Waals surface area (Å²) in [4.78, 5) is 11.5. The van der Waals surface area contributed by atoms with E-state index in [0.717, 1.165) is 29.7 Å². The molecule has 0 saturated carbocycles. The molecule has 2 nitrogen and oxygen atoms in total. The maximum Gasteiger partial charge on any atom is 0.160 e. The van der Waals surface area contributed by atoms with Gasteiger partial charge in [-0.3, -0.25) is 4.79 Å². The maximum absolute atomic E-state index is 11.5. The zero-order valence-corrected chi connectivity index (χ0v) is 11.2. The molecular weight excluding hydrogens is 212 g/mol. The van der Waals surface area contributed by atoms with Gasteiger partial charge in [-0.05, 0) is 49.4 Å². The quantitative estimate of drug-likeness (QED) is 0.698. The predicted octanol–water partition coefficient (Wildman–Crippen LogP) is 3.88. The van der Waals surface area contributed by atoms with Crippen molar-refractivity contribution in [3.63, 3.8) is 0 Å². The van der Waals surface area contributed by atoms with Gasteiger partial charge in [-0.25, -0.2) is 0 Å². The molecule has 0 spiro atoms. The maximum atomic E-state index is 11.5. The molecule has 17 heavy (non-hydrogen) atoms. The fourth-order valence-corrected chi connectivity index (χ4v) is 1.85. The normalized spacial score (nSPS) is 12.2. The molecule has 94 valence electrons. The zero-order valence-electron chi connectivity index (χ0n) is 11.2. The minimum Gasteiger partial charge on any atom is -0.497 e. The second-order valence-corrected chi connectivity index (χ2v) is 4.63. The highest BCUT2D eigenvalue weighted by molar-refractivity contribution is 5.95. The van der Waals surface area contributed by atoms with Crippen molar-refractivity contribution in [2.45, 2.75) is 40.0 Å². The molecule has 1 atom stereocenters. The largest absolute Gasteiger partial charge is 0.497 e. The highest BCUT2D eigenvalue weighted by Crippen LogP contribution is 2.21. The number of rotatable bonds is 6. The summed E-state index contributed by atoms with van der Waals surface area (Å²) in [6.07, 6.45) is 3.24. The smallest absolute Gasteiger partial charge is 0.160 e. The highest BCUT2D eigenvalue weighted by Gasteiger charge is 2.09. The van der Waals surface area contributed by atoms with E-state index in [1.165, 1.54) is 6.42 Å². The molecule has 0 N–H and O–H groups in total. The van der Waals surface area contributed by atoms with Gasteiger partial charge in [0, 0.05) is 5.56 Å². The summed E-state index contributed by atoms with van der Waals surface area (Å²) >= 11 is 0. The molecule has 0 saturated heterocycles. The minimum absolute atomic E-state index is 0.131. The van der Waals surface area contributed by atoms with Crippen molar-refractivity contribution in [3.8, 4) is 5.75 Å². The lowest BCUT2D eigenvalue weighted by Crippen LogP contribution is -2.03. The molecule has 2 heteroatoms. The van der Waals surface area contributed by atoms with Gasteiger partial charge >= 0.3 is 0 Å². The van der Waals surface area contributed by atoms with Crippen molar-refractivity contribution in [1.29, 1.82) is 0 Å². The Balaban J connectivity index is 2.89. The van der Waals surface area contributed by atoms with Crippen molar-refractivity contribution in [2.75, 3.05) is 7.11 Å². The summed E-state index contributed by atoms with van der Waals surface area (Å²) in [5.74, 6) is 1.65. The SMILES string of the molecule is CCC(C)CCc1cc(OC)ccc1C(C)=O. The lowest BCUT2D eigenvalue weighted by Gasteiger charge is -2.12. The lowest BCUT2D eigenvalue weighted by atomic mass is 9.94. The molecule has 0 radical (unpaired) electrons. The van der Waals surface area contributed by atoms with Crippen LogP contribution in [0.4, 0.5) is 0 Å². The standard InChI is InChI=1S/C15H22O2/c1-5-11(2)6-7-13-10-14(17-4)8-9-15(13)12(3)16/h8-11H,5-7H2,1-4H3. The fraction of sp³-hybridized carbons (Fsp3) is 0.533. The highest BCUT2D eigenvalue weighted by atomic mass is 16.5. The fourth-order valence-electron chi connectivity index (χ4n) is 1.85. The number of hydrogen-bond acceptors (Lipinski definition) is 2. The van der Waals surface area contributed by atoms with Crippen LogP contribution in [0, 0.1) is 5.92 Å². The third kappa shape index (κ3) is 3.88. The van der Waals surface area contributed by atoms with Crippen molar-refractivity contribution in [2.24, 2.45) is 5.92 Å². The van der Waals surface area contributed by atoms with E-state index in [4.69, 9.17) is 4.74 Å². The Morgan fingerprint density at radius 2 is 2.12 bits per heavy atom. The molecule has 0 aliphatic rings. The summed E-state index contributed by atoms with van der Waals surface area (Å²) in [5, 5.41) is 0. The number of carbonyl (C=O) groups is 1. The van der Waals surface area contributed by atoms with Crippen LogP contribution in [0.5, 0.6) is 5.75 Å². The van der Waals surface area contributed by atoms with E-state index < -0.39 is 0 Å². The molecule has 1 unspecified atom stereocenters. The first-order valence-electron chi connectivity index (χ1n) is 6.26. The van der Waals surface area contributed by atoms with Gasteiger partial charge in [0.1, 0.15) is 5.75 Å². The van der Waals surface area contributed by atoms with Gasteiger partial charge in [-0.1, -0.05) is 20.3 Å². The van der Waals surface area contributed by atoms with Crippen LogP contribution >= 0.6 is 0 Å². The lowest BCUT2D eigenvalue weighted by molar-refractivity contribution is 0.101. The van der Waals surface area contributed by atoms with E-state index in [0.29, 0.717) is 5.92 Å². The third-order valence-corrected chi connectivity index (χ3v) is 3.30. The minimum atomic E-state index is 0.131. The molecule has 1 aromatic carbocycles. The van der Waals surface area contributed by atoms with Crippen LogP contribution in [0.15, 0.2) is 18.2 Å². The van der Waals surface area contributed by atoms with E-state index in [2.05, 4.69) is 13.8 Å². The van der Waals surface area contributed by atoms with Gasteiger partial charge < -0.3 is 4.74 Å². The van der Waals surface area contributed by atoms with Crippen LogP contribution in [0.3, 0.4) is 0 Å². The van der Waals surface area contributed by atoms with E-state index in [9.17, 15) is 4.79 Å². The number of hydrogen-bond donors (Lipinski definition) is 0. The van der Waals surface area contributed by atoms with Gasteiger partial charge in [0.25, 0.3) is 0 Å². The van der Waals surface area contributed by atoms with Gasteiger partial charge in [0.05, 0.1) is 7.11 Å². The topological polar surface area (TPSA) is 26.3 Å². The van der Waals surface area contributed by atoms with Crippen LogP contribution in [0.1, 0.15) is 49.5 Å². The molecule has 0 aromatic heterocycles. The molecule has 1 rings (SSSR count). The molecule has 0 bridgehead atoms. The molecule has 0 heterocycles. The van der Waals surface area contributed by atoms with Crippen LogP contribution in [-0.4, -0.2) is 12.9 Å². The zero-order chi connectivity index (χ0) is 12.8. The Labute approximate surface area is 104 Å². The summed E-state index contributed by atoms with van der Waals surface area (Å²) in [6, 6.07) is 5.70. The molecule has 0 aliphatic heterocycles. The van der Waals surface area contributed by atoms with Crippen molar-refractivity contribution in [3.05, 3.63) is 29.3 Å². The average molecular weight is 234 g/mol. The molecule has 0 fully saturated rings. The Hall–Kier alpha value is -1.31. The molecule has 1 aromatic rings. The Bertz CT molecular complexity index is 383. The first-order chi connectivity index (χ1) is 8.08. The van der Waals surface area contributed by atoms with E-state index in [1.54, 1.807) is 14.0 Å². The van der Waals surface area contributed by atoms with Gasteiger partial charge in [-0.15, -0.1) is 0 Å². The van der Waals surface area contributed by atoms with Crippen LogP contribution in [-0.2, 0) is 6.42 Å². The Morgan fingerprint density at radius 1 is 1.41 bits per heavy atom. The third-order valence-electron chi connectivity index (χ3n) is 3.30. The first-order valence-corrected chi connectivity index (χ1v) is 6.26. The average Bonchev–Trinajstić information content (AvgIpc) is 2.35. The number of benzene rings is 1. The molecular formula is C15H22O2. The number of ether oxygens (including phenoxy) is 1. The first kappa shape index (κ1) is 13.8. The summed E-state index contributed by atoms with van der Waals surface area (Å²) in [7, 11) is 1.65. The molecule has 0 amide bonds. The van der Waals surface area contributed by atoms with Crippen LogP contribution in [0.25, 0.3) is 0 Å².